The van der Waals surface area contributed by atoms with Crippen molar-refractivity contribution in [3.63, 3.8) is 0 Å². The van der Waals surface area contributed by atoms with Crippen molar-refractivity contribution in [2.24, 2.45) is 0 Å². The largest absolute Gasteiger partial charge is 0.487 e. The second-order valence-electron chi connectivity index (χ2n) is 5.81. The van der Waals surface area contributed by atoms with E-state index in [4.69, 9.17) is 4.74 Å². The lowest BCUT2D eigenvalue weighted by Crippen LogP contribution is -2.32. The van der Waals surface area contributed by atoms with Gasteiger partial charge in [0.25, 0.3) is 0 Å². The van der Waals surface area contributed by atoms with Gasteiger partial charge in [-0.15, -0.1) is 11.3 Å². The Kier molecular flexibility index (Phi) is 6.51. The van der Waals surface area contributed by atoms with Gasteiger partial charge in [0.15, 0.2) is 0 Å². The molecule has 0 spiro atoms. The van der Waals surface area contributed by atoms with Crippen LogP contribution in [-0.4, -0.2) is 22.7 Å². The summed E-state index contributed by atoms with van der Waals surface area (Å²) < 4.78 is 32.2. The number of ether oxygens (including phenoxy) is 1. The Balaban J connectivity index is 1.51. The molecule has 6 nitrogen and oxygen atoms in total. The van der Waals surface area contributed by atoms with E-state index in [1.54, 1.807) is 29.8 Å². The Morgan fingerprint density at radius 3 is 2.86 bits per heavy atom. The Morgan fingerprint density at radius 2 is 2.11 bits per heavy atom. The van der Waals surface area contributed by atoms with Gasteiger partial charge in [-0.2, -0.15) is 0 Å². The lowest BCUT2D eigenvalue weighted by atomic mass is 10.1. The molecule has 3 N–H and O–H groups in total. The second-order valence-corrected chi connectivity index (χ2v) is 6.53. The molecule has 0 fully saturated rings. The monoisotopic (exact) mass is 405 g/mol. The number of aromatic nitrogens is 1. The van der Waals surface area contributed by atoms with Crippen molar-refractivity contribution in [3.8, 4) is 5.75 Å². The van der Waals surface area contributed by atoms with Crippen LogP contribution in [-0.2, 0) is 6.61 Å². The standard InChI is InChI=1S/C19H17F2N3O3S/c20-12-4-5-16(17(21)6-12)18(25)8-22-19(26)24-13-2-1-3-15(7-13)27-9-14-10-28-11-23-14/h1-7,10-11,18,25H,8-9H2,(H2,22,24,26). The Morgan fingerprint density at radius 1 is 1.25 bits per heavy atom. The first-order valence-electron chi connectivity index (χ1n) is 8.29. The maximum Gasteiger partial charge on any atom is 0.319 e. The zero-order chi connectivity index (χ0) is 19.9. The number of hydrogen-bond donors (Lipinski definition) is 3. The number of nitrogens with one attached hydrogen (secondary N) is 2. The number of thiazole rings is 1. The van der Waals surface area contributed by atoms with Crippen LogP contribution in [0.25, 0.3) is 0 Å². The molecule has 2 aromatic carbocycles. The molecule has 0 saturated carbocycles. The fourth-order valence-electron chi connectivity index (χ4n) is 2.38. The summed E-state index contributed by atoms with van der Waals surface area (Å²) in [6.07, 6.45) is -1.31. The van der Waals surface area contributed by atoms with Crippen molar-refractivity contribution in [3.05, 3.63) is 76.2 Å². The summed E-state index contributed by atoms with van der Waals surface area (Å²) in [5.74, 6) is -1.06. The molecule has 0 aliphatic rings. The van der Waals surface area contributed by atoms with E-state index in [0.717, 1.165) is 17.8 Å². The number of aliphatic hydroxyl groups is 1. The van der Waals surface area contributed by atoms with E-state index < -0.39 is 23.8 Å². The molecule has 1 unspecified atom stereocenters. The van der Waals surface area contributed by atoms with E-state index in [-0.39, 0.29) is 12.1 Å². The van der Waals surface area contributed by atoms with Crippen molar-refractivity contribution in [2.75, 3.05) is 11.9 Å². The van der Waals surface area contributed by atoms with Crippen molar-refractivity contribution < 1.29 is 23.4 Å². The van der Waals surface area contributed by atoms with Crippen LogP contribution in [0.15, 0.2) is 53.4 Å². The SMILES string of the molecule is O=C(NCC(O)c1ccc(F)cc1F)Nc1cccc(OCc2cscn2)c1. The normalized spacial score (nSPS) is 11.7. The molecule has 146 valence electrons. The zero-order valence-corrected chi connectivity index (χ0v) is 15.4. The van der Waals surface area contributed by atoms with Crippen LogP contribution in [0.1, 0.15) is 17.4 Å². The molecule has 0 bridgehead atoms. The lowest BCUT2D eigenvalue weighted by molar-refractivity contribution is 0.170. The summed E-state index contributed by atoms with van der Waals surface area (Å²) in [7, 11) is 0. The van der Waals surface area contributed by atoms with E-state index in [9.17, 15) is 18.7 Å². The molecular weight excluding hydrogens is 388 g/mol. The average molecular weight is 405 g/mol. The second kappa shape index (κ2) is 9.25. The predicted octanol–water partition coefficient (Wildman–Crippen LogP) is 3.86. The van der Waals surface area contributed by atoms with Crippen molar-refractivity contribution in [1.29, 1.82) is 0 Å². The minimum atomic E-state index is -1.31. The van der Waals surface area contributed by atoms with Crippen LogP contribution in [0.3, 0.4) is 0 Å². The molecule has 1 atom stereocenters. The summed E-state index contributed by atoms with van der Waals surface area (Å²) in [6.45, 7) is 0.0724. The third-order valence-electron chi connectivity index (χ3n) is 3.74. The number of anilines is 1. The average Bonchev–Trinajstić information content (AvgIpc) is 3.18. The summed E-state index contributed by atoms with van der Waals surface area (Å²) in [5.41, 5.74) is 2.91. The quantitative estimate of drug-likeness (QED) is 0.558. The Hall–Kier alpha value is -3.04. The van der Waals surface area contributed by atoms with Gasteiger partial charge in [-0.1, -0.05) is 12.1 Å². The number of benzene rings is 2. The van der Waals surface area contributed by atoms with Gasteiger partial charge >= 0.3 is 6.03 Å². The van der Waals surface area contributed by atoms with Gasteiger partial charge < -0.3 is 20.5 Å². The number of nitrogens with zero attached hydrogens (tertiary/aromatic N) is 1. The minimum Gasteiger partial charge on any atom is -0.487 e. The van der Waals surface area contributed by atoms with Gasteiger partial charge in [-0.05, 0) is 18.2 Å². The minimum absolute atomic E-state index is 0.0980. The van der Waals surface area contributed by atoms with Crippen molar-refractivity contribution in [2.45, 2.75) is 12.7 Å². The number of carbonyl (C=O) groups excluding carboxylic acids is 1. The van der Waals surface area contributed by atoms with E-state index >= 15 is 0 Å². The molecule has 1 aromatic heterocycles. The number of rotatable bonds is 7. The van der Waals surface area contributed by atoms with Gasteiger partial charge in [0, 0.05) is 35.3 Å². The molecule has 3 rings (SSSR count). The molecule has 28 heavy (non-hydrogen) atoms. The molecule has 3 aromatic rings. The van der Waals surface area contributed by atoms with Crippen LogP contribution >= 0.6 is 11.3 Å². The molecule has 0 aliphatic heterocycles. The van der Waals surface area contributed by atoms with Crippen LogP contribution in [0.5, 0.6) is 5.75 Å². The molecule has 2 amide bonds. The molecule has 0 saturated heterocycles. The molecule has 0 radical (unpaired) electrons. The first-order chi connectivity index (χ1) is 13.5. The van der Waals surface area contributed by atoms with E-state index in [1.807, 2.05) is 5.38 Å². The van der Waals surface area contributed by atoms with Crippen LogP contribution < -0.4 is 15.4 Å². The maximum absolute atomic E-state index is 13.6. The van der Waals surface area contributed by atoms with Gasteiger partial charge in [0.05, 0.1) is 17.3 Å². The smallest absolute Gasteiger partial charge is 0.319 e. The van der Waals surface area contributed by atoms with Crippen LogP contribution in [0.4, 0.5) is 19.3 Å². The highest BCUT2D eigenvalue weighted by molar-refractivity contribution is 7.07. The molecule has 0 aliphatic carbocycles. The first-order valence-corrected chi connectivity index (χ1v) is 9.23. The number of aliphatic hydroxyl groups excluding tert-OH is 1. The van der Waals surface area contributed by atoms with E-state index in [2.05, 4.69) is 15.6 Å². The van der Waals surface area contributed by atoms with Crippen LogP contribution in [0.2, 0.25) is 0 Å². The highest BCUT2D eigenvalue weighted by Gasteiger charge is 2.14. The third kappa shape index (κ3) is 5.48. The summed E-state index contributed by atoms with van der Waals surface area (Å²) >= 11 is 1.48. The summed E-state index contributed by atoms with van der Waals surface area (Å²) in [6, 6.07) is 9.05. The topological polar surface area (TPSA) is 83.5 Å². The van der Waals surface area contributed by atoms with Gasteiger partial charge in [-0.3, -0.25) is 0 Å². The van der Waals surface area contributed by atoms with E-state index in [1.165, 1.54) is 11.3 Å². The predicted molar refractivity (Wildman–Crippen MR) is 101 cm³/mol. The molecular formula is C19H17F2N3O3S. The molecule has 9 heteroatoms. The van der Waals surface area contributed by atoms with Gasteiger partial charge in [-0.25, -0.2) is 18.6 Å². The van der Waals surface area contributed by atoms with Crippen molar-refractivity contribution >= 4 is 23.1 Å². The number of amides is 2. The Bertz CT molecular complexity index is 938. The fraction of sp³-hybridized carbons (Fsp3) is 0.158. The molecule has 1 heterocycles. The fourth-order valence-corrected chi connectivity index (χ4v) is 2.92. The number of halogens is 2. The number of carbonyl (C=O) groups is 1. The first kappa shape index (κ1) is 19.7. The van der Waals surface area contributed by atoms with Crippen LogP contribution in [0, 0.1) is 11.6 Å². The highest BCUT2D eigenvalue weighted by atomic mass is 32.1. The van der Waals surface area contributed by atoms with Crippen molar-refractivity contribution in [1.82, 2.24) is 10.3 Å². The summed E-state index contributed by atoms with van der Waals surface area (Å²) in [4.78, 5) is 16.1. The van der Waals surface area contributed by atoms with Gasteiger partial charge in [0.1, 0.15) is 24.0 Å². The van der Waals surface area contributed by atoms with Gasteiger partial charge in [0.2, 0.25) is 0 Å². The zero-order valence-electron chi connectivity index (χ0n) is 14.6. The third-order valence-corrected chi connectivity index (χ3v) is 4.37. The maximum atomic E-state index is 13.6. The van der Waals surface area contributed by atoms with E-state index in [0.29, 0.717) is 24.1 Å². The Labute approximate surface area is 163 Å². The highest BCUT2D eigenvalue weighted by Crippen LogP contribution is 2.19. The summed E-state index contributed by atoms with van der Waals surface area (Å²) in [5, 5.41) is 16.9. The number of hydrogen-bond acceptors (Lipinski definition) is 5. The lowest BCUT2D eigenvalue weighted by Gasteiger charge is -2.14. The number of urea groups is 1.